The Balaban J connectivity index is 1.62. The fraction of sp³-hybridized carbons (Fsp3) is 0.222. The first-order chi connectivity index (χ1) is 11.1. The molecule has 5 heteroatoms. The molecule has 1 N–H and O–H groups in total. The number of hydrogen-bond acceptors (Lipinski definition) is 2. The van der Waals surface area contributed by atoms with E-state index in [0.717, 1.165) is 16.9 Å². The largest absolute Gasteiger partial charge is 0.325 e. The molecule has 0 bridgehead atoms. The third kappa shape index (κ3) is 3.34. The van der Waals surface area contributed by atoms with E-state index in [1.165, 1.54) is 0 Å². The Kier molecular flexibility index (Phi) is 4.28. The highest BCUT2D eigenvalue weighted by molar-refractivity contribution is 5.99. The molecule has 1 aliphatic heterocycles. The number of hydrogen-bond donors (Lipinski definition) is 1. The van der Waals surface area contributed by atoms with E-state index in [9.17, 15) is 9.59 Å². The minimum atomic E-state index is -0.178. The van der Waals surface area contributed by atoms with E-state index in [1.807, 2.05) is 61.5 Å². The van der Waals surface area contributed by atoms with Crippen LogP contribution in [-0.2, 0) is 4.79 Å². The molecule has 1 fully saturated rings. The van der Waals surface area contributed by atoms with Gasteiger partial charge in [-0.25, -0.2) is 4.79 Å². The van der Waals surface area contributed by atoms with Gasteiger partial charge in [0, 0.05) is 24.5 Å². The lowest BCUT2D eigenvalue weighted by molar-refractivity contribution is -0.116. The maximum absolute atomic E-state index is 12.4. The van der Waals surface area contributed by atoms with Crippen LogP contribution in [0.1, 0.15) is 5.56 Å². The zero-order valence-electron chi connectivity index (χ0n) is 13.0. The number of para-hydroxylation sites is 2. The van der Waals surface area contributed by atoms with E-state index in [1.54, 1.807) is 9.80 Å². The summed E-state index contributed by atoms with van der Waals surface area (Å²) in [5, 5.41) is 2.86. The predicted molar refractivity (Wildman–Crippen MR) is 90.6 cm³/mol. The standard InChI is InChI=1S/C18H19N3O2/c1-14-7-5-6-10-16(14)19-17(22)13-20-11-12-21(18(20)23)15-8-3-2-4-9-15/h2-10H,11-13H2,1H3,(H,19,22). The molecule has 0 atom stereocenters. The van der Waals surface area contributed by atoms with Gasteiger partial charge < -0.3 is 10.2 Å². The number of urea groups is 1. The fourth-order valence-electron chi connectivity index (χ4n) is 2.65. The van der Waals surface area contributed by atoms with E-state index in [0.29, 0.717) is 13.1 Å². The molecular weight excluding hydrogens is 290 g/mol. The summed E-state index contributed by atoms with van der Waals surface area (Å²) in [6.45, 7) is 3.15. The fourth-order valence-corrected chi connectivity index (χ4v) is 2.65. The quantitative estimate of drug-likeness (QED) is 0.944. The number of nitrogens with one attached hydrogen (secondary N) is 1. The first-order valence-corrected chi connectivity index (χ1v) is 7.62. The molecule has 1 saturated heterocycles. The van der Waals surface area contributed by atoms with Crippen molar-refractivity contribution in [3.8, 4) is 0 Å². The molecule has 2 aromatic carbocycles. The lowest BCUT2D eigenvalue weighted by atomic mass is 10.2. The van der Waals surface area contributed by atoms with Crippen molar-refractivity contribution in [2.24, 2.45) is 0 Å². The lowest BCUT2D eigenvalue weighted by Gasteiger charge is -2.18. The van der Waals surface area contributed by atoms with Crippen molar-refractivity contribution in [2.75, 3.05) is 29.9 Å². The Labute approximate surface area is 135 Å². The van der Waals surface area contributed by atoms with E-state index < -0.39 is 0 Å². The van der Waals surface area contributed by atoms with Crippen LogP contribution >= 0.6 is 0 Å². The molecule has 0 spiro atoms. The molecule has 2 aromatic rings. The second kappa shape index (κ2) is 6.52. The third-order valence-corrected chi connectivity index (χ3v) is 3.92. The lowest BCUT2D eigenvalue weighted by Crippen LogP contribution is -2.37. The zero-order valence-corrected chi connectivity index (χ0v) is 13.0. The number of aryl methyl sites for hydroxylation is 1. The molecule has 0 unspecified atom stereocenters. The van der Waals surface area contributed by atoms with Crippen molar-refractivity contribution in [2.45, 2.75) is 6.92 Å². The predicted octanol–water partition coefficient (Wildman–Crippen LogP) is 2.88. The second-order valence-corrected chi connectivity index (χ2v) is 5.55. The SMILES string of the molecule is Cc1ccccc1NC(=O)CN1CCN(c2ccccc2)C1=O. The molecule has 0 aromatic heterocycles. The maximum atomic E-state index is 12.4. The van der Waals surface area contributed by atoms with Gasteiger partial charge in [0.25, 0.3) is 0 Å². The van der Waals surface area contributed by atoms with Crippen LogP contribution in [0.5, 0.6) is 0 Å². The summed E-state index contributed by atoms with van der Waals surface area (Å²) in [6, 6.07) is 17.0. The Bertz CT molecular complexity index is 715. The number of rotatable bonds is 4. The van der Waals surface area contributed by atoms with Gasteiger partial charge in [-0.15, -0.1) is 0 Å². The summed E-state index contributed by atoms with van der Waals surface area (Å²) in [5.74, 6) is -0.178. The normalized spacial score (nSPS) is 14.2. The van der Waals surface area contributed by atoms with Gasteiger partial charge in [0.1, 0.15) is 6.54 Å². The van der Waals surface area contributed by atoms with Crippen LogP contribution in [0.4, 0.5) is 16.2 Å². The van der Waals surface area contributed by atoms with E-state index in [4.69, 9.17) is 0 Å². The molecule has 0 saturated carbocycles. The topological polar surface area (TPSA) is 52.7 Å². The minimum Gasteiger partial charge on any atom is -0.324 e. The number of nitrogens with zero attached hydrogens (tertiary/aromatic N) is 2. The van der Waals surface area contributed by atoms with Crippen LogP contribution in [0, 0.1) is 6.92 Å². The number of anilines is 2. The van der Waals surface area contributed by atoms with Gasteiger partial charge in [0.05, 0.1) is 0 Å². The number of carbonyl (C=O) groups is 2. The molecular formula is C18H19N3O2. The van der Waals surface area contributed by atoms with E-state index >= 15 is 0 Å². The van der Waals surface area contributed by atoms with Gasteiger partial charge in [-0.1, -0.05) is 36.4 Å². The number of carbonyl (C=O) groups excluding carboxylic acids is 2. The van der Waals surface area contributed by atoms with Crippen LogP contribution in [0.15, 0.2) is 54.6 Å². The Morgan fingerprint density at radius 2 is 1.74 bits per heavy atom. The van der Waals surface area contributed by atoms with Crippen LogP contribution < -0.4 is 10.2 Å². The number of benzene rings is 2. The second-order valence-electron chi connectivity index (χ2n) is 5.55. The van der Waals surface area contributed by atoms with Crippen molar-refractivity contribution in [1.29, 1.82) is 0 Å². The smallest absolute Gasteiger partial charge is 0.324 e. The molecule has 0 radical (unpaired) electrons. The van der Waals surface area contributed by atoms with Gasteiger partial charge in [-0.2, -0.15) is 0 Å². The average molecular weight is 309 g/mol. The monoisotopic (exact) mass is 309 g/mol. The zero-order chi connectivity index (χ0) is 16.2. The first kappa shape index (κ1) is 15.1. The Morgan fingerprint density at radius 1 is 1.04 bits per heavy atom. The molecule has 3 rings (SSSR count). The van der Waals surface area contributed by atoms with E-state index in [2.05, 4.69) is 5.32 Å². The summed E-state index contributed by atoms with van der Waals surface area (Å²) < 4.78 is 0. The molecule has 1 heterocycles. The third-order valence-electron chi connectivity index (χ3n) is 3.92. The first-order valence-electron chi connectivity index (χ1n) is 7.62. The van der Waals surface area contributed by atoms with Crippen LogP contribution in [0.2, 0.25) is 0 Å². The average Bonchev–Trinajstić information content (AvgIpc) is 2.91. The molecule has 3 amide bonds. The minimum absolute atomic E-state index is 0.0660. The molecule has 23 heavy (non-hydrogen) atoms. The molecule has 0 aliphatic carbocycles. The summed E-state index contributed by atoms with van der Waals surface area (Å²) in [4.78, 5) is 27.9. The van der Waals surface area contributed by atoms with Gasteiger partial charge in [-0.3, -0.25) is 9.69 Å². The highest BCUT2D eigenvalue weighted by atomic mass is 16.2. The van der Waals surface area contributed by atoms with Crippen LogP contribution in [-0.4, -0.2) is 36.5 Å². The van der Waals surface area contributed by atoms with Crippen LogP contribution in [0.25, 0.3) is 0 Å². The molecule has 118 valence electrons. The van der Waals surface area contributed by atoms with Crippen molar-refractivity contribution >= 4 is 23.3 Å². The molecule has 5 nitrogen and oxygen atoms in total. The van der Waals surface area contributed by atoms with Crippen molar-refractivity contribution in [3.63, 3.8) is 0 Å². The Hall–Kier alpha value is -2.82. The van der Waals surface area contributed by atoms with Crippen molar-refractivity contribution in [3.05, 3.63) is 60.2 Å². The van der Waals surface area contributed by atoms with Crippen molar-refractivity contribution in [1.82, 2.24) is 4.90 Å². The van der Waals surface area contributed by atoms with Gasteiger partial charge >= 0.3 is 6.03 Å². The van der Waals surface area contributed by atoms with Crippen LogP contribution in [0.3, 0.4) is 0 Å². The summed E-state index contributed by atoms with van der Waals surface area (Å²) in [7, 11) is 0. The molecule has 1 aliphatic rings. The highest BCUT2D eigenvalue weighted by Gasteiger charge is 2.30. The summed E-state index contributed by atoms with van der Waals surface area (Å²) in [5.41, 5.74) is 2.64. The highest BCUT2D eigenvalue weighted by Crippen LogP contribution is 2.20. The maximum Gasteiger partial charge on any atom is 0.325 e. The van der Waals surface area contributed by atoms with Gasteiger partial charge in [0.2, 0.25) is 5.91 Å². The summed E-state index contributed by atoms with van der Waals surface area (Å²) in [6.07, 6.45) is 0. The van der Waals surface area contributed by atoms with Gasteiger partial charge in [-0.05, 0) is 30.7 Å². The Morgan fingerprint density at radius 3 is 2.48 bits per heavy atom. The van der Waals surface area contributed by atoms with Gasteiger partial charge in [0.15, 0.2) is 0 Å². The number of amides is 3. The van der Waals surface area contributed by atoms with E-state index in [-0.39, 0.29) is 18.5 Å². The summed E-state index contributed by atoms with van der Waals surface area (Å²) >= 11 is 0. The van der Waals surface area contributed by atoms with Crippen molar-refractivity contribution < 1.29 is 9.59 Å².